The van der Waals surface area contributed by atoms with Gasteiger partial charge in [-0.2, -0.15) is 0 Å². The van der Waals surface area contributed by atoms with Crippen molar-refractivity contribution in [2.75, 3.05) is 6.54 Å². The molecule has 3 N–H and O–H groups in total. The molecule has 2 atom stereocenters. The van der Waals surface area contributed by atoms with Gasteiger partial charge in [0.2, 0.25) is 5.96 Å². The SMILES string of the molecule is NNC(=NC1CC1)N1CCC2CCCCC21. The molecule has 1 saturated heterocycles. The maximum atomic E-state index is 5.63. The van der Waals surface area contributed by atoms with Crippen LogP contribution in [0, 0.1) is 5.92 Å². The maximum absolute atomic E-state index is 5.63. The Morgan fingerprint density at radius 3 is 2.69 bits per heavy atom. The van der Waals surface area contributed by atoms with Gasteiger partial charge in [0.25, 0.3) is 0 Å². The highest BCUT2D eigenvalue weighted by molar-refractivity contribution is 5.80. The molecule has 90 valence electrons. The first-order chi connectivity index (χ1) is 7.88. The summed E-state index contributed by atoms with van der Waals surface area (Å²) in [4.78, 5) is 7.12. The van der Waals surface area contributed by atoms with Gasteiger partial charge in [-0.15, -0.1) is 0 Å². The van der Waals surface area contributed by atoms with Crippen molar-refractivity contribution in [1.82, 2.24) is 10.3 Å². The molecule has 2 unspecified atom stereocenters. The molecule has 0 amide bonds. The Bertz CT molecular complexity index is 285. The molecule has 0 aromatic carbocycles. The quantitative estimate of drug-likeness (QED) is 0.304. The molecule has 3 fully saturated rings. The number of fused-ring (bicyclic) bond motifs is 1. The highest BCUT2D eigenvalue weighted by atomic mass is 15.4. The molecule has 4 heteroatoms. The number of nitrogens with zero attached hydrogens (tertiary/aromatic N) is 2. The van der Waals surface area contributed by atoms with Gasteiger partial charge in [0.05, 0.1) is 6.04 Å². The zero-order valence-electron chi connectivity index (χ0n) is 9.86. The summed E-state index contributed by atoms with van der Waals surface area (Å²) in [6.07, 6.45) is 9.34. The predicted octanol–water partition coefficient (Wildman–Crippen LogP) is 1.23. The molecule has 16 heavy (non-hydrogen) atoms. The van der Waals surface area contributed by atoms with Crippen LogP contribution < -0.4 is 11.3 Å². The summed E-state index contributed by atoms with van der Waals surface area (Å²) in [5.74, 6) is 7.48. The fourth-order valence-electron chi connectivity index (χ4n) is 3.24. The third-order valence-corrected chi connectivity index (χ3v) is 4.26. The van der Waals surface area contributed by atoms with Crippen LogP contribution >= 0.6 is 0 Å². The summed E-state index contributed by atoms with van der Waals surface area (Å²) >= 11 is 0. The Morgan fingerprint density at radius 1 is 1.12 bits per heavy atom. The minimum Gasteiger partial charge on any atom is -0.339 e. The molecule has 3 rings (SSSR count). The Morgan fingerprint density at radius 2 is 1.94 bits per heavy atom. The Labute approximate surface area is 97.3 Å². The summed E-state index contributed by atoms with van der Waals surface area (Å²) in [6.45, 7) is 1.14. The molecule has 1 aliphatic heterocycles. The maximum Gasteiger partial charge on any atom is 0.208 e. The van der Waals surface area contributed by atoms with E-state index in [1.807, 2.05) is 0 Å². The largest absolute Gasteiger partial charge is 0.339 e. The number of guanidine groups is 1. The molecule has 3 aliphatic rings. The van der Waals surface area contributed by atoms with Crippen molar-refractivity contribution in [3.8, 4) is 0 Å². The van der Waals surface area contributed by atoms with E-state index in [9.17, 15) is 0 Å². The van der Waals surface area contributed by atoms with Crippen LogP contribution in [0.3, 0.4) is 0 Å². The van der Waals surface area contributed by atoms with Crippen molar-refractivity contribution in [1.29, 1.82) is 0 Å². The van der Waals surface area contributed by atoms with Gasteiger partial charge >= 0.3 is 0 Å². The molecular weight excluding hydrogens is 200 g/mol. The average Bonchev–Trinajstić information content (AvgIpc) is 3.04. The normalized spacial score (nSPS) is 35.1. The number of hydrazine groups is 1. The van der Waals surface area contributed by atoms with E-state index in [4.69, 9.17) is 5.84 Å². The second-order valence-electron chi connectivity index (χ2n) is 5.42. The summed E-state index contributed by atoms with van der Waals surface area (Å²) in [5, 5.41) is 0. The van der Waals surface area contributed by atoms with Crippen LogP contribution in [0.1, 0.15) is 44.9 Å². The summed E-state index contributed by atoms with van der Waals surface area (Å²) in [7, 11) is 0. The standard InChI is InChI=1S/C12H22N4/c13-15-12(14-10-5-6-10)16-8-7-9-3-1-2-4-11(9)16/h9-11H,1-8,13H2,(H,14,15). The van der Waals surface area contributed by atoms with Gasteiger partial charge < -0.3 is 4.90 Å². The van der Waals surface area contributed by atoms with Crippen molar-refractivity contribution in [2.24, 2.45) is 16.8 Å². The average molecular weight is 222 g/mol. The molecule has 4 nitrogen and oxygen atoms in total. The first-order valence-corrected chi connectivity index (χ1v) is 6.69. The highest BCUT2D eigenvalue weighted by Gasteiger charge is 2.37. The van der Waals surface area contributed by atoms with Gasteiger partial charge in [-0.05, 0) is 38.0 Å². The minimum atomic E-state index is 0.550. The van der Waals surface area contributed by atoms with Crippen LogP contribution in [-0.2, 0) is 0 Å². The van der Waals surface area contributed by atoms with Gasteiger partial charge in [-0.1, -0.05) is 12.8 Å². The van der Waals surface area contributed by atoms with Crippen LogP contribution in [0.2, 0.25) is 0 Å². The van der Waals surface area contributed by atoms with E-state index in [1.54, 1.807) is 0 Å². The Hall–Kier alpha value is -0.770. The van der Waals surface area contributed by atoms with Gasteiger partial charge in [-0.3, -0.25) is 5.43 Å². The van der Waals surface area contributed by atoms with Crippen molar-refractivity contribution in [2.45, 2.75) is 57.0 Å². The second-order valence-corrected chi connectivity index (χ2v) is 5.42. The number of hydrogen-bond donors (Lipinski definition) is 2. The van der Waals surface area contributed by atoms with Crippen LogP contribution in [-0.4, -0.2) is 29.5 Å². The Balaban J connectivity index is 1.72. The van der Waals surface area contributed by atoms with Crippen molar-refractivity contribution in [3.05, 3.63) is 0 Å². The second kappa shape index (κ2) is 4.24. The molecule has 0 radical (unpaired) electrons. The molecule has 1 heterocycles. The minimum absolute atomic E-state index is 0.550. The molecular formula is C12H22N4. The number of nitrogens with two attached hydrogens (primary N) is 1. The van der Waals surface area contributed by atoms with Crippen molar-refractivity contribution >= 4 is 5.96 Å². The number of aliphatic imine (C=N–C) groups is 1. The lowest BCUT2D eigenvalue weighted by Gasteiger charge is -2.33. The molecule has 2 aliphatic carbocycles. The molecule has 0 bridgehead atoms. The lowest BCUT2D eigenvalue weighted by atomic mass is 9.85. The van der Waals surface area contributed by atoms with Gasteiger partial charge in [0.1, 0.15) is 0 Å². The fraction of sp³-hybridized carbons (Fsp3) is 0.917. The Kier molecular flexibility index (Phi) is 2.75. The molecule has 0 aromatic heterocycles. The van der Waals surface area contributed by atoms with E-state index in [0.29, 0.717) is 12.1 Å². The number of hydrogen-bond acceptors (Lipinski definition) is 2. The van der Waals surface area contributed by atoms with Crippen LogP contribution in [0.4, 0.5) is 0 Å². The number of rotatable bonds is 1. The van der Waals surface area contributed by atoms with E-state index < -0.39 is 0 Å². The molecule has 0 spiro atoms. The van der Waals surface area contributed by atoms with E-state index in [-0.39, 0.29) is 0 Å². The number of nitrogens with one attached hydrogen (secondary N) is 1. The molecule has 0 aromatic rings. The lowest BCUT2D eigenvalue weighted by Crippen LogP contribution is -2.48. The van der Waals surface area contributed by atoms with Crippen LogP contribution in [0.5, 0.6) is 0 Å². The van der Waals surface area contributed by atoms with Crippen molar-refractivity contribution in [3.63, 3.8) is 0 Å². The smallest absolute Gasteiger partial charge is 0.208 e. The highest BCUT2D eigenvalue weighted by Crippen LogP contribution is 2.36. The van der Waals surface area contributed by atoms with Gasteiger partial charge in [-0.25, -0.2) is 10.8 Å². The zero-order valence-corrected chi connectivity index (χ0v) is 9.86. The lowest BCUT2D eigenvalue weighted by molar-refractivity contribution is 0.249. The van der Waals surface area contributed by atoms with Gasteiger partial charge in [0, 0.05) is 12.6 Å². The van der Waals surface area contributed by atoms with E-state index in [2.05, 4.69) is 15.3 Å². The summed E-state index contributed by atoms with van der Waals surface area (Å²) < 4.78 is 0. The van der Waals surface area contributed by atoms with E-state index >= 15 is 0 Å². The van der Waals surface area contributed by atoms with Crippen molar-refractivity contribution < 1.29 is 0 Å². The topological polar surface area (TPSA) is 53.6 Å². The monoisotopic (exact) mass is 222 g/mol. The first-order valence-electron chi connectivity index (χ1n) is 6.69. The number of likely N-dealkylation sites (tertiary alicyclic amines) is 1. The fourth-order valence-corrected chi connectivity index (χ4v) is 3.24. The van der Waals surface area contributed by atoms with Crippen LogP contribution in [0.15, 0.2) is 4.99 Å². The van der Waals surface area contributed by atoms with Gasteiger partial charge in [0.15, 0.2) is 0 Å². The summed E-state index contributed by atoms with van der Waals surface area (Å²) in [6, 6.07) is 1.26. The summed E-state index contributed by atoms with van der Waals surface area (Å²) in [5.41, 5.74) is 2.82. The van der Waals surface area contributed by atoms with Crippen LogP contribution in [0.25, 0.3) is 0 Å². The third kappa shape index (κ3) is 1.90. The predicted molar refractivity (Wildman–Crippen MR) is 64.8 cm³/mol. The first kappa shape index (κ1) is 10.4. The molecule has 2 saturated carbocycles. The van der Waals surface area contributed by atoms with E-state index in [1.165, 1.54) is 44.9 Å². The zero-order chi connectivity index (χ0) is 11.0. The third-order valence-electron chi connectivity index (χ3n) is 4.26. The van der Waals surface area contributed by atoms with E-state index in [0.717, 1.165) is 18.4 Å².